The smallest absolute Gasteiger partial charge is 0.253 e. The molecule has 0 saturated heterocycles. The van der Waals surface area contributed by atoms with E-state index in [-0.39, 0.29) is 24.1 Å². The monoisotopic (exact) mass is 471 g/mol. The molecule has 2 aromatic carbocycles. The van der Waals surface area contributed by atoms with Gasteiger partial charge in [0.15, 0.2) is 11.0 Å². The van der Waals surface area contributed by atoms with Gasteiger partial charge in [0.2, 0.25) is 5.91 Å². The van der Waals surface area contributed by atoms with Crippen LogP contribution in [0, 0.1) is 0 Å². The largest absolute Gasteiger partial charge is 0.345 e. The van der Waals surface area contributed by atoms with Crippen molar-refractivity contribution in [2.45, 2.75) is 44.9 Å². The van der Waals surface area contributed by atoms with Gasteiger partial charge in [-0.1, -0.05) is 61.5 Å². The summed E-state index contributed by atoms with van der Waals surface area (Å²) in [5, 5.41) is 15.1. The fourth-order valence-electron chi connectivity index (χ4n) is 3.05. The van der Waals surface area contributed by atoms with E-state index in [1.54, 1.807) is 24.3 Å². The Balaban J connectivity index is 1.55. The van der Waals surface area contributed by atoms with Gasteiger partial charge in [-0.25, -0.2) is 0 Å². The summed E-state index contributed by atoms with van der Waals surface area (Å²) in [5.74, 6) is 0.861. The number of halogens is 1. The first kappa shape index (κ1) is 23.8. The van der Waals surface area contributed by atoms with Crippen molar-refractivity contribution >= 4 is 40.9 Å². The highest BCUT2D eigenvalue weighted by molar-refractivity contribution is 7.99. The standard InChI is InChI=1S/C23H26ClN5O2S/c1-4-29-20(13-25-22(31)18-7-5-6-8-19(18)24)27-28-23(29)32-14-21(30)26-17-11-9-16(10-12-17)15(2)3/h5-12,15H,4,13-14H2,1-3H3,(H,25,31)(H,26,30). The molecular formula is C23H26ClN5O2S. The van der Waals surface area contributed by atoms with Crippen molar-refractivity contribution in [3.05, 3.63) is 70.5 Å². The molecule has 2 N–H and O–H groups in total. The number of anilines is 1. The van der Waals surface area contributed by atoms with E-state index < -0.39 is 0 Å². The Labute approximate surface area is 197 Å². The summed E-state index contributed by atoms with van der Waals surface area (Å²) in [5.41, 5.74) is 2.40. The fourth-order valence-corrected chi connectivity index (χ4v) is 4.10. The van der Waals surface area contributed by atoms with Gasteiger partial charge in [0.05, 0.1) is 22.9 Å². The summed E-state index contributed by atoms with van der Waals surface area (Å²) in [6, 6.07) is 14.7. The minimum Gasteiger partial charge on any atom is -0.345 e. The number of benzene rings is 2. The van der Waals surface area contributed by atoms with E-state index in [0.717, 1.165) is 5.69 Å². The number of aromatic nitrogens is 3. The molecule has 7 nitrogen and oxygen atoms in total. The van der Waals surface area contributed by atoms with Crippen molar-refractivity contribution in [1.82, 2.24) is 20.1 Å². The molecule has 0 bridgehead atoms. The zero-order valence-corrected chi connectivity index (χ0v) is 19.8. The summed E-state index contributed by atoms with van der Waals surface area (Å²) in [6.07, 6.45) is 0. The van der Waals surface area contributed by atoms with Gasteiger partial charge in [-0.3, -0.25) is 9.59 Å². The van der Waals surface area contributed by atoms with Crippen molar-refractivity contribution in [1.29, 1.82) is 0 Å². The lowest BCUT2D eigenvalue weighted by atomic mass is 10.0. The molecule has 1 heterocycles. The first-order valence-corrected chi connectivity index (χ1v) is 11.7. The van der Waals surface area contributed by atoms with Gasteiger partial charge in [0, 0.05) is 12.2 Å². The second-order valence-electron chi connectivity index (χ2n) is 7.42. The molecule has 0 fully saturated rings. The van der Waals surface area contributed by atoms with E-state index in [1.807, 2.05) is 35.8 Å². The predicted octanol–water partition coefficient (Wildman–Crippen LogP) is 4.74. The molecular weight excluding hydrogens is 446 g/mol. The summed E-state index contributed by atoms with van der Waals surface area (Å²) in [7, 11) is 0. The Morgan fingerprint density at radius 2 is 1.81 bits per heavy atom. The Morgan fingerprint density at radius 3 is 2.47 bits per heavy atom. The molecule has 0 unspecified atom stereocenters. The van der Waals surface area contributed by atoms with Crippen molar-refractivity contribution in [2.24, 2.45) is 0 Å². The summed E-state index contributed by atoms with van der Waals surface area (Å²) < 4.78 is 1.88. The predicted molar refractivity (Wildman–Crippen MR) is 128 cm³/mol. The van der Waals surface area contributed by atoms with E-state index >= 15 is 0 Å². The van der Waals surface area contributed by atoms with Gasteiger partial charge >= 0.3 is 0 Å². The van der Waals surface area contributed by atoms with Crippen molar-refractivity contribution in [3.63, 3.8) is 0 Å². The molecule has 0 atom stereocenters. The molecule has 0 aliphatic carbocycles. The van der Waals surface area contributed by atoms with Crippen LogP contribution in [0.15, 0.2) is 53.7 Å². The molecule has 32 heavy (non-hydrogen) atoms. The molecule has 3 rings (SSSR count). The highest BCUT2D eigenvalue weighted by Crippen LogP contribution is 2.20. The zero-order chi connectivity index (χ0) is 23.1. The van der Waals surface area contributed by atoms with Crippen LogP contribution in [0.1, 0.15) is 48.4 Å². The lowest BCUT2D eigenvalue weighted by Crippen LogP contribution is -2.25. The Bertz CT molecular complexity index is 1080. The third-order valence-electron chi connectivity index (χ3n) is 4.83. The van der Waals surface area contributed by atoms with Crippen LogP contribution >= 0.6 is 23.4 Å². The van der Waals surface area contributed by atoms with Crippen molar-refractivity contribution in [3.8, 4) is 0 Å². The maximum Gasteiger partial charge on any atom is 0.253 e. The molecule has 2 amide bonds. The van der Waals surface area contributed by atoms with Gasteiger partial charge in [0.1, 0.15) is 0 Å². The molecule has 0 saturated carbocycles. The van der Waals surface area contributed by atoms with Gasteiger partial charge in [-0.2, -0.15) is 0 Å². The molecule has 9 heteroatoms. The minimum atomic E-state index is -0.279. The SMILES string of the molecule is CCn1c(CNC(=O)c2ccccc2Cl)nnc1SCC(=O)Nc1ccc(C(C)C)cc1. The van der Waals surface area contributed by atoms with Crippen LogP contribution in [0.5, 0.6) is 0 Å². The number of carbonyl (C=O) groups is 2. The maximum absolute atomic E-state index is 12.4. The van der Waals surface area contributed by atoms with Gasteiger partial charge < -0.3 is 15.2 Å². The lowest BCUT2D eigenvalue weighted by molar-refractivity contribution is -0.113. The zero-order valence-electron chi connectivity index (χ0n) is 18.3. The second-order valence-corrected chi connectivity index (χ2v) is 8.77. The first-order valence-electron chi connectivity index (χ1n) is 10.4. The van der Waals surface area contributed by atoms with E-state index in [2.05, 4.69) is 34.7 Å². The average Bonchev–Trinajstić information content (AvgIpc) is 3.18. The number of hydrogen-bond acceptors (Lipinski definition) is 5. The van der Waals surface area contributed by atoms with Crippen LogP contribution in [0.4, 0.5) is 5.69 Å². The van der Waals surface area contributed by atoms with Crippen LogP contribution in [-0.4, -0.2) is 32.3 Å². The minimum absolute atomic E-state index is 0.119. The third-order valence-corrected chi connectivity index (χ3v) is 6.13. The van der Waals surface area contributed by atoms with E-state index in [0.29, 0.717) is 34.0 Å². The molecule has 3 aromatic rings. The van der Waals surface area contributed by atoms with Crippen LogP contribution in [0.25, 0.3) is 0 Å². The Hall–Kier alpha value is -2.84. The quantitative estimate of drug-likeness (QED) is 0.440. The third kappa shape index (κ3) is 6.11. The topological polar surface area (TPSA) is 88.9 Å². The maximum atomic E-state index is 12.4. The average molecular weight is 472 g/mol. The summed E-state index contributed by atoms with van der Waals surface area (Å²) in [4.78, 5) is 24.7. The Kier molecular flexibility index (Phi) is 8.30. The van der Waals surface area contributed by atoms with Gasteiger partial charge in [0.25, 0.3) is 5.91 Å². The summed E-state index contributed by atoms with van der Waals surface area (Å²) in [6.45, 7) is 7.04. The van der Waals surface area contributed by atoms with E-state index in [1.165, 1.54) is 17.3 Å². The molecule has 0 aliphatic rings. The molecule has 0 spiro atoms. The number of thioether (sulfide) groups is 1. The molecule has 0 aliphatic heterocycles. The number of nitrogens with zero attached hydrogens (tertiary/aromatic N) is 3. The summed E-state index contributed by atoms with van der Waals surface area (Å²) >= 11 is 7.38. The normalized spacial score (nSPS) is 10.9. The first-order chi connectivity index (χ1) is 15.4. The number of rotatable bonds is 9. The van der Waals surface area contributed by atoms with E-state index in [9.17, 15) is 9.59 Å². The van der Waals surface area contributed by atoms with Crippen LogP contribution in [0.2, 0.25) is 5.02 Å². The Morgan fingerprint density at radius 1 is 1.09 bits per heavy atom. The molecule has 0 radical (unpaired) electrons. The second kappa shape index (κ2) is 11.2. The number of carbonyl (C=O) groups excluding carboxylic acids is 2. The van der Waals surface area contributed by atoms with Crippen LogP contribution < -0.4 is 10.6 Å². The lowest BCUT2D eigenvalue weighted by Gasteiger charge is -2.10. The molecule has 168 valence electrons. The number of nitrogens with one attached hydrogen (secondary N) is 2. The highest BCUT2D eigenvalue weighted by Gasteiger charge is 2.15. The number of amides is 2. The van der Waals surface area contributed by atoms with E-state index in [4.69, 9.17) is 11.6 Å². The van der Waals surface area contributed by atoms with Crippen molar-refractivity contribution in [2.75, 3.05) is 11.1 Å². The number of hydrogen-bond donors (Lipinski definition) is 2. The fraction of sp³-hybridized carbons (Fsp3) is 0.304. The molecule has 1 aromatic heterocycles. The highest BCUT2D eigenvalue weighted by atomic mass is 35.5. The van der Waals surface area contributed by atoms with Crippen LogP contribution in [0.3, 0.4) is 0 Å². The van der Waals surface area contributed by atoms with Crippen LogP contribution in [-0.2, 0) is 17.9 Å². The van der Waals surface area contributed by atoms with Gasteiger partial charge in [-0.15, -0.1) is 10.2 Å². The van der Waals surface area contributed by atoms with Crippen molar-refractivity contribution < 1.29 is 9.59 Å². The van der Waals surface area contributed by atoms with Gasteiger partial charge in [-0.05, 0) is 42.7 Å².